The van der Waals surface area contributed by atoms with E-state index in [0.29, 0.717) is 24.5 Å². The van der Waals surface area contributed by atoms with Crippen molar-refractivity contribution in [3.63, 3.8) is 0 Å². The largest absolute Gasteiger partial charge is 0.272 e. The van der Waals surface area contributed by atoms with E-state index in [1.165, 1.54) is 0 Å². The van der Waals surface area contributed by atoms with E-state index in [9.17, 15) is 9.65 Å². The van der Waals surface area contributed by atoms with Gasteiger partial charge in [-0.05, 0) is 49.4 Å². The van der Waals surface area contributed by atoms with Crippen molar-refractivity contribution >= 4 is 10.9 Å². The van der Waals surface area contributed by atoms with E-state index in [2.05, 4.69) is 21.1 Å². The maximum atomic E-state index is 13.5. The number of alkyl halides is 1. The van der Waals surface area contributed by atoms with Crippen LogP contribution in [0.1, 0.15) is 25.0 Å². The molecule has 4 aromatic rings. The number of hydrogen-bond donors (Lipinski definition) is 0. The molecule has 0 aliphatic heterocycles. The number of benzene rings is 1. The molecular weight excluding hydrogens is 377 g/mol. The minimum Gasteiger partial charge on any atom is -0.272 e. The van der Waals surface area contributed by atoms with Crippen LogP contribution in [0.4, 0.5) is 4.39 Å². The Morgan fingerprint density at radius 2 is 2.07 bits per heavy atom. The second-order valence-electron chi connectivity index (χ2n) is 7.84. The van der Waals surface area contributed by atoms with Gasteiger partial charge in [0.25, 0.3) is 0 Å². The average molecular weight is 397 g/mol. The Hall–Kier alpha value is -3.59. The number of pyridine rings is 2. The standard InChI is InChI=1S/C24H20FN5/c25-20-6-3-16(10-20)14-30-15-19(13-28-30)22-8-7-21(12-26)29-24(22)18-5-4-17-2-1-9-27-23(17)11-18/h1-2,4-5,7-9,11,13,15-16,20H,3,6,10,14H2. The van der Waals surface area contributed by atoms with Crippen molar-refractivity contribution in [1.82, 2.24) is 19.7 Å². The molecule has 5 rings (SSSR count). The fourth-order valence-electron chi connectivity index (χ4n) is 4.23. The smallest absolute Gasteiger partial charge is 0.141 e. The molecule has 0 amide bonds. The molecule has 3 aromatic heterocycles. The number of nitriles is 1. The highest BCUT2D eigenvalue weighted by molar-refractivity contribution is 5.87. The summed E-state index contributed by atoms with van der Waals surface area (Å²) >= 11 is 0. The van der Waals surface area contributed by atoms with E-state index < -0.39 is 6.17 Å². The molecule has 1 saturated carbocycles. The SMILES string of the molecule is N#Cc1ccc(-c2cnn(CC3CCC(F)C3)c2)c(-c2ccc3cccnc3c2)n1. The molecule has 3 heterocycles. The number of halogens is 1. The van der Waals surface area contributed by atoms with Crippen molar-refractivity contribution in [2.24, 2.45) is 5.92 Å². The molecule has 2 unspecified atom stereocenters. The first kappa shape index (κ1) is 18.4. The molecule has 5 nitrogen and oxygen atoms in total. The van der Waals surface area contributed by atoms with Gasteiger partial charge in [0.15, 0.2) is 0 Å². The van der Waals surface area contributed by atoms with Gasteiger partial charge in [0.05, 0.1) is 17.4 Å². The second-order valence-corrected chi connectivity index (χ2v) is 7.84. The maximum Gasteiger partial charge on any atom is 0.141 e. The van der Waals surface area contributed by atoms with E-state index in [1.807, 2.05) is 53.5 Å². The van der Waals surface area contributed by atoms with E-state index in [4.69, 9.17) is 0 Å². The van der Waals surface area contributed by atoms with Gasteiger partial charge < -0.3 is 0 Å². The first-order valence-electron chi connectivity index (χ1n) is 10.1. The van der Waals surface area contributed by atoms with Gasteiger partial charge in [-0.1, -0.05) is 18.2 Å². The monoisotopic (exact) mass is 397 g/mol. The van der Waals surface area contributed by atoms with Crippen LogP contribution in [-0.4, -0.2) is 25.9 Å². The Balaban J connectivity index is 1.53. The molecule has 148 valence electrons. The lowest BCUT2D eigenvalue weighted by Gasteiger charge is -2.10. The molecule has 30 heavy (non-hydrogen) atoms. The summed E-state index contributed by atoms with van der Waals surface area (Å²) in [4.78, 5) is 9.03. The van der Waals surface area contributed by atoms with Gasteiger partial charge in [-0.15, -0.1) is 0 Å². The van der Waals surface area contributed by atoms with Crippen LogP contribution in [-0.2, 0) is 6.54 Å². The zero-order chi connectivity index (χ0) is 20.5. The molecular formula is C24H20FN5. The van der Waals surface area contributed by atoms with E-state index >= 15 is 0 Å². The molecule has 0 N–H and O–H groups in total. The Bertz CT molecular complexity index is 1260. The first-order chi connectivity index (χ1) is 14.7. The zero-order valence-corrected chi connectivity index (χ0v) is 16.4. The Morgan fingerprint density at radius 1 is 1.13 bits per heavy atom. The van der Waals surface area contributed by atoms with E-state index in [0.717, 1.165) is 46.3 Å². The molecule has 2 atom stereocenters. The summed E-state index contributed by atoms with van der Waals surface area (Å²) in [5, 5.41) is 14.9. The zero-order valence-electron chi connectivity index (χ0n) is 16.4. The molecule has 1 aliphatic carbocycles. The van der Waals surface area contributed by atoms with Gasteiger partial charge in [0.2, 0.25) is 0 Å². The Kier molecular flexibility index (Phi) is 4.72. The average Bonchev–Trinajstić information content (AvgIpc) is 3.42. The normalized spacial score (nSPS) is 18.5. The minimum atomic E-state index is -0.680. The molecule has 1 aromatic carbocycles. The van der Waals surface area contributed by atoms with Crippen LogP contribution in [0.15, 0.2) is 61.1 Å². The third kappa shape index (κ3) is 3.55. The predicted molar refractivity (Wildman–Crippen MR) is 113 cm³/mol. The fraction of sp³-hybridized carbons (Fsp3) is 0.250. The van der Waals surface area contributed by atoms with E-state index in [1.54, 1.807) is 12.3 Å². The van der Waals surface area contributed by atoms with Gasteiger partial charge in [0, 0.05) is 41.0 Å². The predicted octanol–water partition coefficient (Wildman–Crippen LogP) is 5.17. The summed E-state index contributed by atoms with van der Waals surface area (Å²) in [7, 11) is 0. The summed E-state index contributed by atoms with van der Waals surface area (Å²) < 4.78 is 15.4. The van der Waals surface area contributed by atoms with Crippen LogP contribution in [0.5, 0.6) is 0 Å². The minimum absolute atomic E-state index is 0.331. The molecule has 0 saturated heterocycles. The lowest BCUT2D eigenvalue weighted by molar-refractivity contribution is 0.320. The summed E-state index contributed by atoms with van der Waals surface area (Å²) in [6.07, 6.45) is 7.05. The third-order valence-electron chi connectivity index (χ3n) is 5.76. The Labute approximate surface area is 173 Å². The Morgan fingerprint density at radius 3 is 2.90 bits per heavy atom. The van der Waals surface area contributed by atoms with Crippen molar-refractivity contribution in [2.75, 3.05) is 0 Å². The lowest BCUT2D eigenvalue weighted by Crippen LogP contribution is -2.08. The second kappa shape index (κ2) is 7.68. The summed E-state index contributed by atoms with van der Waals surface area (Å²) in [5.41, 5.74) is 4.70. The maximum absolute atomic E-state index is 13.5. The summed E-state index contributed by atoms with van der Waals surface area (Å²) in [6.45, 7) is 0.722. The van der Waals surface area contributed by atoms with Crippen molar-refractivity contribution in [3.8, 4) is 28.5 Å². The number of nitrogens with zero attached hydrogens (tertiary/aromatic N) is 5. The quantitative estimate of drug-likeness (QED) is 0.476. The molecule has 1 aliphatic rings. The van der Waals surface area contributed by atoms with Crippen molar-refractivity contribution in [3.05, 3.63) is 66.7 Å². The highest BCUT2D eigenvalue weighted by Crippen LogP contribution is 2.33. The third-order valence-corrected chi connectivity index (χ3v) is 5.76. The van der Waals surface area contributed by atoms with Crippen LogP contribution in [0.25, 0.3) is 33.3 Å². The van der Waals surface area contributed by atoms with Crippen LogP contribution >= 0.6 is 0 Å². The van der Waals surface area contributed by atoms with Crippen LogP contribution < -0.4 is 0 Å². The van der Waals surface area contributed by atoms with Gasteiger partial charge in [-0.3, -0.25) is 9.67 Å². The van der Waals surface area contributed by atoms with Crippen molar-refractivity contribution < 1.29 is 4.39 Å². The molecule has 6 heteroatoms. The topological polar surface area (TPSA) is 67.4 Å². The lowest BCUT2D eigenvalue weighted by atomic mass is 10.00. The first-order valence-corrected chi connectivity index (χ1v) is 10.1. The molecule has 1 fully saturated rings. The molecule has 0 radical (unpaired) electrons. The van der Waals surface area contributed by atoms with Crippen LogP contribution in [0.3, 0.4) is 0 Å². The number of aromatic nitrogens is 4. The van der Waals surface area contributed by atoms with Gasteiger partial charge >= 0.3 is 0 Å². The molecule has 0 spiro atoms. The van der Waals surface area contributed by atoms with Gasteiger partial charge in [-0.2, -0.15) is 10.4 Å². The van der Waals surface area contributed by atoms with E-state index in [-0.39, 0.29) is 0 Å². The highest BCUT2D eigenvalue weighted by Gasteiger charge is 2.24. The van der Waals surface area contributed by atoms with Crippen molar-refractivity contribution in [1.29, 1.82) is 5.26 Å². The molecule has 0 bridgehead atoms. The van der Waals surface area contributed by atoms with Crippen molar-refractivity contribution in [2.45, 2.75) is 32.0 Å². The number of fused-ring (bicyclic) bond motifs is 1. The summed E-state index contributed by atoms with van der Waals surface area (Å²) in [5.74, 6) is 0.331. The number of hydrogen-bond acceptors (Lipinski definition) is 4. The highest BCUT2D eigenvalue weighted by atomic mass is 19.1. The number of rotatable bonds is 4. The fourth-order valence-corrected chi connectivity index (χ4v) is 4.23. The van der Waals surface area contributed by atoms with Gasteiger partial charge in [-0.25, -0.2) is 9.37 Å². The van der Waals surface area contributed by atoms with Gasteiger partial charge in [0.1, 0.15) is 17.9 Å². The summed E-state index contributed by atoms with van der Waals surface area (Å²) in [6, 6.07) is 15.7. The van der Waals surface area contributed by atoms with Crippen LogP contribution in [0, 0.1) is 17.2 Å². The van der Waals surface area contributed by atoms with Crippen LogP contribution in [0.2, 0.25) is 0 Å².